The smallest absolute Gasteiger partial charge is 0.142 e. The minimum absolute atomic E-state index is 0.268. The standard InChI is InChI=1S/C15H15ClFNO/c1-18-9-12-5-3-7-14(16)15(12)19-10-11-4-2-6-13(17)8-11/h2-8,18H,9-10H2,1H3. The van der Waals surface area contributed by atoms with Crippen molar-refractivity contribution in [1.29, 1.82) is 0 Å². The molecule has 4 heteroatoms. The third-order valence-electron chi connectivity index (χ3n) is 2.69. The zero-order valence-corrected chi connectivity index (χ0v) is 11.4. The molecule has 0 atom stereocenters. The van der Waals surface area contributed by atoms with Crippen molar-refractivity contribution < 1.29 is 9.13 Å². The highest BCUT2D eigenvalue weighted by molar-refractivity contribution is 6.32. The first-order chi connectivity index (χ1) is 9.20. The van der Waals surface area contributed by atoms with Gasteiger partial charge in [-0.1, -0.05) is 35.9 Å². The van der Waals surface area contributed by atoms with Gasteiger partial charge in [-0.05, 0) is 30.8 Å². The Kier molecular flexibility index (Phi) is 4.77. The predicted molar refractivity (Wildman–Crippen MR) is 74.9 cm³/mol. The van der Waals surface area contributed by atoms with E-state index in [1.165, 1.54) is 12.1 Å². The minimum atomic E-state index is -0.268. The van der Waals surface area contributed by atoms with Gasteiger partial charge in [-0.3, -0.25) is 0 Å². The van der Waals surface area contributed by atoms with E-state index in [4.69, 9.17) is 16.3 Å². The number of rotatable bonds is 5. The monoisotopic (exact) mass is 279 g/mol. The number of benzene rings is 2. The molecule has 0 heterocycles. The van der Waals surface area contributed by atoms with Crippen LogP contribution >= 0.6 is 11.6 Å². The number of hydrogen-bond donors (Lipinski definition) is 1. The molecule has 100 valence electrons. The van der Waals surface area contributed by atoms with E-state index in [1.54, 1.807) is 12.1 Å². The zero-order valence-electron chi connectivity index (χ0n) is 10.6. The fraction of sp³-hybridized carbons (Fsp3) is 0.200. The van der Waals surface area contributed by atoms with Crippen molar-refractivity contribution in [1.82, 2.24) is 5.32 Å². The molecule has 2 nitrogen and oxygen atoms in total. The molecule has 0 aliphatic rings. The van der Waals surface area contributed by atoms with Gasteiger partial charge in [-0.2, -0.15) is 0 Å². The van der Waals surface area contributed by atoms with Crippen molar-refractivity contribution in [2.45, 2.75) is 13.2 Å². The fourth-order valence-corrected chi connectivity index (χ4v) is 2.08. The van der Waals surface area contributed by atoms with Crippen LogP contribution in [0.1, 0.15) is 11.1 Å². The van der Waals surface area contributed by atoms with Crippen LogP contribution in [0.2, 0.25) is 5.02 Å². The average Bonchev–Trinajstić information content (AvgIpc) is 2.38. The number of para-hydroxylation sites is 1. The first-order valence-corrected chi connectivity index (χ1v) is 6.37. The van der Waals surface area contributed by atoms with E-state index in [0.29, 0.717) is 17.3 Å². The van der Waals surface area contributed by atoms with Gasteiger partial charge in [0.1, 0.15) is 18.2 Å². The second kappa shape index (κ2) is 6.55. The van der Waals surface area contributed by atoms with Gasteiger partial charge in [0.05, 0.1) is 5.02 Å². The van der Waals surface area contributed by atoms with E-state index >= 15 is 0 Å². The van der Waals surface area contributed by atoms with Crippen molar-refractivity contribution in [2.75, 3.05) is 7.05 Å². The van der Waals surface area contributed by atoms with E-state index in [-0.39, 0.29) is 12.4 Å². The van der Waals surface area contributed by atoms with Gasteiger partial charge in [0.2, 0.25) is 0 Å². The lowest BCUT2D eigenvalue weighted by Crippen LogP contribution is -2.08. The third kappa shape index (κ3) is 3.69. The summed E-state index contributed by atoms with van der Waals surface area (Å²) < 4.78 is 18.8. The molecule has 0 spiro atoms. The fourth-order valence-electron chi connectivity index (χ4n) is 1.83. The third-order valence-corrected chi connectivity index (χ3v) is 2.99. The molecule has 2 rings (SSSR count). The largest absolute Gasteiger partial charge is 0.487 e. The number of ether oxygens (including phenoxy) is 1. The van der Waals surface area contributed by atoms with Gasteiger partial charge >= 0.3 is 0 Å². The predicted octanol–water partition coefficient (Wildman–Crippen LogP) is 3.78. The molecule has 0 amide bonds. The lowest BCUT2D eigenvalue weighted by Gasteiger charge is -2.13. The molecular formula is C15H15ClFNO. The first-order valence-electron chi connectivity index (χ1n) is 6.00. The number of hydrogen-bond acceptors (Lipinski definition) is 2. The van der Waals surface area contributed by atoms with Crippen molar-refractivity contribution in [3.8, 4) is 5.75 Å². The Morgan fingerprint density at radius 1 is 1.21 bits per heavy atom. The highest BCUT2D eigenvalue weighted by Gasteiger charge is 2.08. The van der Waals surface area contributed by atoms with E-state index < -0.39 is 0 Å². The van der Waals surface area contributed by atoms with Crippen LogP contribution in [0, 0.1) is 5.82 Å². The molecule has 19 heavy (non-hydrogen) atoms. The summed E-state index contributed by atoms with van der Waals surface area (Å²) >= 11 is 6.14. The van der Waals surface area contributed by atoms with E-state index in [9.17, 15) is 4.39 Å². The summed E-state index contributed by atoms with van der Waals surface area (Å²) in [5, 5.41) is 3.62. The van der Waals surface area contributed by atoms with E-state index in [0.717, 1.165) is 11.1 Å². The maximum atomic E-state index is 13.1. The molecule has 1 N–H and O–H groups in total. The summed E-state index contributed by atoms with van der Waals surface area (Å²) in [5.74, 6) is 0.374. The molecule has 0 unspecified atom stereocenters. The van der Waals surface area contributed by atoms with Crippen LogP contribution in [0.25, 0.3) is 0 Å². The Bertz CT molecular complexity index is 560. The molecule has 0 saturated carbocycles. The molecular weight excluding hydrogens is 265 g/mol. The molecule has 2 aromatic carbocycles. The molecule has 0 bridgehead atoms. The summed E-state index contributed by atoms with van der Waals surface area (Å²) in [5.41, 5.74) is 1.75. The highest BCUT2D eigenvalue weighted by atomic mass is 35.5. The van der Waals surface area contributed by atoms with Gasteiger partial charge in [0, 0.05) is 12.1 Å². The topological polar surface area (TPSA) is 21.3 Å². The SMILES string of the molecule is CNCc1cccc(Cl)c1OCc1cccc(F)c1. The van der Waals surface area contributed by atoms with Crippen LogP contribution in [-0.2, 0) is 13.2 Å². The quantitative estimate of drug-likeness (QED) is 0.899. The Morgan fingerprint density at radius 3 is 2.74 bits per heavy atom. The molecule has 2 aromatic rings. The normalized spacial score (nSPS) is 10.5. The van der Waals surface area contributed by atoms with Crippen molar-refractivity contribution in [2.24, 2.45) is 0 Å². The maximum absolute atomic E-state index is 13.1. The average molecular weight is 280 g/mol. The molecule has 0 radical (unpaired) electrons. The van der Waals surface area contributed by atoms with Gasteiger partial charge in [0.25, 0.3) is 0 Å². The lowest BCUT2D eigenvalue weighted by molar-refractivity contribution is 0.302. The first kappa shape index (κ1) is 13.8. The molecule has 0 fully saturated rings. The summed E-state index contributed by atoms with van der Waals surface area (Å²) in [7, 11) is 1.86. The van der Waals surface area contributed by atoms with Crippen molar-refractivity contribution in [3.05, 3.63) is 64.4 Å². The van der Waals surface area contributed by atoms with Crippen LogP contribution in [0.4, 0.5) is 4.39 Å². The zero-order chi connectivity index (χ0) is 13.7. The van der Waals surface area contributed by atoms with Gasteiger partial charge in [-0.15, -0.1) is 0 Å². The number of nitrogens with one attached hydrogen (secondary N) is 1. The van der Waals surface area contributed by atoms with Gasteiger partial charge in [0.15, 0.2) is 0 Å². The molecule has 0 saturated heterocycles. The second-order valence-corrected chi connectivity index (χ2v) is 4.58. The Hall–Kier alpha value is -1.58. The van der Waals surface area contributed by atoms with Crippen molar-refractivity contribution >= 4 is 11.6 Å². The summed E-state index contributed by atoms with van der Waals surface area (Å²) in [6.07, 6.45) is 0. The maximum Gasteiger partial charge on any atom is 0.142 e. The molecule has 0 aliphatic heterocycles. The highest BCUT2D eigenvalue weighted by Crippen LogP contribution is 2.29. The number of halogens is 2. The second-order valence-electron chi connectivity index (χ2n) is 4.18. The van der Waals surface area contributed by atoms with E-state index in [1.807, 2.05) is 25.2 Å². The Morgan fingerprint density at radius 2 is 2.00 bits per heavy atom. The van der Waals surface area contributed by atoms with Gasteiger partial charge in [-0.25, -0.2) is 4.39 Å². The Labute approximate surface area is 117 Å². The summed E-state index contributed by atoms with van der Waals surface area (Å²) in [6.45, 7) is 0.956. The van der Waals surface area contributed by atoms with Gasteiger partial charge < -0.3 is 10.1 Å². The van der Waals surface area contributed by atoms with Crippen molar-refractivity contribution in [3.63, 3.8) is 0 Å². The van der Waals surface area contributed by atoms with Crippen LogP contribution in [0.15, 0.2) is 42.5 Å². The minimum Gasteiger partial charge on any atom is -0.487 e. The lowest BCUT2D eigenvalue weighted by atomic mass is 10.2. The summed E-state index contributed by atoms with van der Waals surface area (Å²) in [4.78, 5) is 0. The van der Waals surface area contributed by atoms with Crippen LogP contribution in [-0.4, -0.2) is 7.05 Å². The molecule has 0 aliphatic carbocycles. The Balaban J connectivity index is 2.14. The van der Waals surface area contributed by atoms with Crippen LogP contribution < -0.4 is 10.1 Å². The molecule has 0 aromatic heterocycles. The van der Waals surface area contributed by atoms with E-state index in [2.05, 4.69) is 5.32 Å². The summed E-state index contributed by atoms with van der Waals surface area (Å²) in [6, 6.07) is 11.9. The van der Waals surface area contributed by atoms with Crippen LogP contribution in [0.5, 0.6) is 5.75 Å². The van der Waals surface area contributed by atoms with Crippen LogP contribution in [0.3, 0.4) is 0 Å².